The molecule has 0 atom stereocenters. The molecule has 5 heterocycles. The van der Waals surface area contributed by atoms with Crippen molar-refractivity contribution in [3.8, 4) is 11.1 Å². The topological polar surface area (TPSA) is 56.7 Å². The maximum absolute atomic E-state index is 6.83. The van der Waals surface area contributed by atoms with Crippen molar-refractivity contribution in [2.45, 2.75) is 0 Å². The van der Waals surface area contributed by atoms with Crippen molar-refractivity contribution in [2.24, 2.45) is 0 Å². The second-order valence-electron chi connectivity index (χ2n) is 13.8. The van der Waals surface area contributed by atoms with Crippen molar-refractivity contribution in [3.05, 3.63) is 146 Å². The standard InChI is InChI=1S/C47H24N2O3/c1-2-10-27-25(9-1)17-20-29-28-19-18-26(23-35(28)49-34-14-6-5-13-33(34)48-47(49)42(27)29)32-24-40-45(46-41(32)30-11-3-8-16-37(30)52-46)44-39(51-40)22-21-38-43(44)31-12-4-7-15-36(31)50-38/h1-24H. The second-order valence-corrected chi connectivity index (χ2v) is 13.8. The number of aromatic nitrogens is 2. The Morgan fingerprint density at radius 1 is 0.404 bits per heavy atom. The van der Waals surface area contributed by atoms with Gasteiger partial charge in [0.1, 0.15) is 39.1 Å². The van der Waals surface area contributed by atoms with Crippen LogP contribution in [0.25, 0.3) is 126 Å². The zero-order valence-corrected chi connectivity index (χ0v) is 27.5. The molecule has 13 aromatic rings. The Hall–Kier alpha value is -7.11. The smallest absolute Gasteiger partial charge is 0.147 e. The maximum Gasteiger partial charge on any atom is 0.147 e. The van der Waals surface area contributed by atoms with Gasteiger partial charge in [-0.05, 0) is 75.8 Å². The molecule has 0 bridgehead atoms. The Labute approximate surface area is 293 Å². The van der Waals surface area contributed by atoms with Gasteiger partial charge >= 0.3 is 0 Å². The van der Waals surface area contributed by atoms with E-state index in [4.69, 9.17) is 18.2 Å². The van der Waals surface area contributed by atoms with Gasteiger partial charge in [-0.2, -0.15) is 0 Å². The Kier molecular flexibility index (Phi) is 4.81. The number of fused-ring (bicyclic) bond motifs is 21. The van der Waals surface area contributed by atoms with Crippen molar-refractivity contribution >= 4 is 115 Å². The minimum absolute atomic E-state index is 0.776. The van der Waals surface area contributed by atoms with Crippen molar-refractivity contribution in [1.29, 1.82) is 0 Å². The van der Waals surface area contributed by atoms with E-state index in [0.29, 0.717) is 0 Å². The van der Waals surface area contributed by atoms with Crippen molar-refractivity contribution < 1.29 is 13.3 Å². The number of furan rings is 3. The third-order valence-electron chi connectivity index (χ3n) is 11.1. The highest BCUT2D eigenvalue weighted by atomic mass is 16.3. The first-order valence-corrected chi connectivity index (χ1v) is 17.5. The lowest BCUT2D eigenvalue weighted by atomic mass is 9.94. The quantitative estimate of drug-likeness (QED) is 0.164. The van der Waals surface area contributed by atoms with Crippen LogP contribution in [0.1, 0.15) is 0 Å². The number of hydrogen-bond donors (Lipinski definition) is 0. The van der Waals surface area contributed by atoms with Gasteiger partial charge in [-0.3, -0.25) is 4.40 Å². The summed E-state index contributed by atoms with van der Waals surface area (Å²) in [7, 11) is 0. The van der Waals surface area contributed by atoms with Crippen LogP contribution < -0.4 is 0 Å². The predicted octanol–water partition coefficient (Wildman–Crippen LogP) is 13.3. The molecular formula is C47H24N2O3. The van der Waals surface area contributed by atoms with E-state index in [-0.39, 0.29) is 0 Å². The number of hydrogen-bond acceptors (Lipinski definition) is 4. The number of pyridine rings is 1. The first kappa shape index (κ1) is 26.7. The van der Waals surface area contributed by atoms with E-state index in [2.05, 4.69) is 114 Å². The molecule has 8 aromatic carbocycles. The first-order chi connectivity index (χ1) is 25.8. The molecule has 13 rings (SSSR count). The molecule has 5 nitrogen and oxygen atoms in total. The molecule has 0 aliphatic rings. The average molecular weight is 665 g/mol. The van der Waals surface area contributed by atoms with E-state index in [1.165, 1.54) is 26.9 Å². The lowest BCUT2D eigenvalue weighted by Gasteiger charge is -2.13. The molecule has 0 amide bonds. The Balaban J connectivity index is 1.20. The van der Waals surface area contributed by atoms with Gasteiger partial charge < -0.3 is 13.3 Å². The van der Waals surface area contributed by atoms with Crippen LogP contribution in [0.2, 0.25) is 0 Å². The molecule has 240 valence electrons. The zero-order chi connectivity index (χ0) is 33.7. The molecule has 0 aliphatic heterocycles. The van der Waals surface area contributed by atoms with Crippen LogP contribution in [-0.2, 0) is 0 Å². The molecule has 5 heteroatoms. The monoisotopic (exact) mass is 664 g/mol. The molecule has 0 saturated heterocycles. The van der Waals surface area contributed by atoms with Gasteiger partial charge in [0.25, 0.3) is 0 Å². The van der Waals surface area contributed by atoms with Crippen molar-refractivity contribution in [3.63, 3.8) is 0 Å². The van der Waals surface area contributed by atoms with Gasteiger partial charge in [-0.1, -0.05) is 97.1 Å². The van der Waals surface area contributed by atoms with Gasteiger partial charge in [0.05, 0.1) is 21.9 Å². The molecular weight excluding hydrogens is 641 g/mol. The normalized spacial score (nSPS) is 12.6. The zero-order valence-electron chi connectivity index (χ0n) is 27.5. The number of rotatable bonds is 1. The van der Waals surface area contributed by atoms with Crippen LogP contribution in [0, 0.1) is 0 Å². The SMILES string of the molecule is c1ccc2c(c1)ccc1c3ccc(-c4cc5oc6ccc7oc8ccccc8c7c6c5c5oc6ccccc6c45)cc3n3c4ccccc4nc3c21. The fraction of sp³-hybridized carbons (Fsp3) is 0. The molecule has 0 N–H and O–H groups in total. The highest BCUT2D eigenvalue weighted by molar-refractivity contribution is 6.33. The summed E-state index contributed by atoms with van der Waals surface area (Å²) in [6.07, 6.45) is 0. The van der Waals surface area contributed by atoms with Gasteiger partial charge in [0.15, 0.2) is 0 Å². The summed E-state index contributed by atoms with van der Waals surface area (Å²) < 4.78 is 22.2. The van der Waals surface area contributed by atoms with E-state index in [9.17, 15) is 0 Å². The summed E-state index contributed by atoms with van der Waals surface area (Å²) in [5.74, 6) is 0. The van der Waals surface area contributed by atoms with Gasteiger partial charge in [0, 0.05) is 37.7 Å². The van der Waals surface area contributed by atoms with E-state index in [1.807, 2.05) is 36.4 Å². The van der Waals surface area contributed by atoms with Crippen molar-refractivity contribution in [1.82, 2.24) is 9.38 Å². The molecule has 0 radical (unpaired) electrons. The van der Waals surface area contributed by atoms with Crippen LogP contribution >= 0.6 is 0 Å². The maximum atomic E-state index is 6.83. The minimum Gasteiger partial charge on any atom is -0.456 e. The summed E-state index contributed by atoms with van der Waals surface area (Å²) >= 11 is 0. The van der Waals surface area contributed by atoms with Crippen molar-refractivity contribution in [2.75, 3.05) is 0 Å². The van der Waals surface area contributed by atoms with Gasteiger partial charge in [0.2, 0.25) is 0 Å². The third-order valence-corrected chi connectivity index (χ3v) is 11.1. The molecule has 0 fully saturated rings. The average Bonchev–Trinajstić information content (AvgIpc) is 3.96. The third kappa shape index (κ3) is 3.26. The number of benzene rings is 8. The van der Waals surface area contributed by atoms with E-state index in [1.54, 1.807) is 0 Å². The molecule has 5 aromatic heterocycles. The first-order valence-electron chi connectivity index (χ1n) is 17.5. The van der Waals surface area contributed by atoms with Gasteiger partial charge in [-0.15, -0.1) is 0 Å². The lowest BCUT2D eigenvalue weighted by molar-refractivity contribution is 0.660. The second kappa shape index (κ2) is 9.36. The van der Waals surface area contributed by atoms with Crippen LogP contribution in [0.5, 0.6) is 0 Å². The molecule has 0 aliphatic carbocycles. The summed E-state index contributed by atoms with van der Waals surface area (Å²) in [6.45, 7) is 0. The molecule has 0 spiro atoms. The van der Waals surface area contributed by atoms with E-state index >= 15 is 0 Å². The van der Waals surface area contributed by atoms with E-state index in [0.717, 1.165) is 99.1 Å². The fourth-order valence-electron chi connectivity index (χ4n) is 8.96. The van der Waals surface area contributed by atoms with Crippen LogP contribution in [0.3, 0.4) is 0 Å². The van der Waals surface area contributed by atoms with E-state index < -0.39 is 0 Å². The molecule has 52 heavy (non-hydrogen) atoms. The van der Waals surface area contributed by atoms with Crippen LogP contribution in [-0.4, -0.2) is 9.38 Å². The largest absolute Gasteiger partial charge is 0.456 e. The Bertz CT molecular complexity index is 3710. The Morgan fingerprint density at radius 2 is 1.10 bits per heavy atom. The minimum atomic E-state index is 0.776. The summed E-state index contributed by atoms with van der Waals surface area (Å²) in [5.41, 5.74) is 11.2. The summed E-state index contributed by atoms with van der Waals surface area (Å²) in [4.78, 5) is 5.26. The molecule has 0 saturated carbocycles. The predicted molar refractivity (Wildman–Crippen MR) is 212 cm³/mol. The summed E-state index contributed by atoms with van der Waals surface area (Å²) in [5, 5.41) is 12.1. The van der Waals surface area contributed by atoms with Gasteiger partial charge in [-0.25, -0.2) is 4.98 Å². The number of para-hydroxylation sites is 4. The number of imidazole rings is 1. The Morgan fingerprint density at radius 3 is 1.98 bits per heavy atom. The highest BCUT2D eigenvalue weighted by Gasteiger charge is 2.24. The molecule has 0 unspecified atom stereocenters. The van der Waals surface area contributed by atoms with Crippen LogP contribution in [0.4, 0.5) is 0 Å². The lowest BCUT2D eigenvalue weighted by Crippen LogP contribution is -1.93. The summed E-state index contributed by atoms with van der Waals surface area (Å²) in [6, 6.07) is 51.1. The van der Waals surface area contributed by atoms with Crippen LogP contribution in [0.15, 0.2) is 159 Å². The number of nitrogens with zero attached hydrogens (tertiary/aromatic N) is 2. The highest BCUT2D eigenvalue weighted by Crippen LogP contribution is 2.48. The fourth-order valence-corrected chi connectivity index (χ4v) is 8.96.